The molecule has 12 aromatic rings. The second-order valence-electron chi connectivity index (χ2n) is 31.7. The normalized spacial score (nSPS) is 12.4. The van der Waals surface area contributed by atoms with Gasteiger partial charge in [-0.1, -0.05) is 68.4 Å². The van der Waals surface area contributed by atoms with Crippen molar-refractivity contribution in [3.05, 3.63) is 214 Å². The molecule has 0 saturated heterocycles. The highest BCUT2D eigenvalue weighted by atomic mass is 19.4. The summed E-state index contributed by atoms with van der Waals surface area (Å²) in [5, 5.41) is 62.1. The fraction of sp³-hybridized carbons (Fsp3) is 0.323. The molecule has 40 heteroatoms. The van der Waals surface area contributed by atoms with Crippen LogP contribution in [-0.4, -0.2) is 189 Å². The molecule has 34 nitrogen and oxygen atoms in total. The number of benzene rings is 8. The monoisotopic (exact) mass is 1920 g/mol. The van der Waals surface area contributed by atoms with Gasteiger partial charge in [0.2, 0.25) is 0 Å². The smallest absolute Gasteiger partial charge is 0.490 e. The Bertz CT molecular complexity index is 6340. The van der Waals surface area contributed by atoms with E-state index in [1.165, 1.54) is 74.4 Å². The number of aliphatic hydroxyl groups excluding tert-OH is 1. The van der Waals surface area contributed by atoms with E-state index >= 15 is 0 Å². The molecule has 4 heterocycles. The highest BCUT2D eigenvalue weighted by Crippen LogP contribution is 2.44. The minimum absolute atomic E-state index is 0.0985. The van der Waals surface area contributed by atoms with Crippen molar-refractivity contribution in [1.82, 2.24) is 41.2 Å². The summed E-state index contributed by atoms with van der Waals surface area (Å²) in [5.74, 6) is -3.22. The Balaban J connectivity index is 0.000000182. The molecule has 736 valence electrons. The quantitative estimate of drug-likeness (QED) is 0.0125. The van der Waals surface area contributed by atoms with E-state index < -0.39 is 47.9 Å². The lowest BCUT2D eigenvalue weighted by atomic mass is 10.0. The van der Waals surface area contributed by atoms with Gasteiger partial charge >= 0.3 is 24.3 Å². The third kappa shape index (κ3) is 30.6. The van der Waals surface area contributed by atoms with Crippen LogP contribution in [0, 0.1) is 25.2 Å². The number of alkyl halides is 6. The zero-order chi connectivity index (χ0) is 101. The van der Waals surface area contributed by atoms with Gasteiger partial charge in [-0.05, 0) is 154 Å². The number of nitrogens with one attached hydrogen (secondary N) is 8. The number of carbonyl (C=O) groups is 6. The van der Waals surface area contributed by atoms with E-state index in [9.17, 15) is 50.6 Å². The third-order valence-corrected chi connectivity index (χ3v) is 21.7. The lowest BCUT2D eigenvalue weighted by Gasteiger charge is -2.18. The summed E-state index contributed by atoms with van der Waals surface area (Å²) in [5.41, 5.74) is 37.2. The van der Waals surface area contributed by atoms with Gasteiger partial charge in [0.1, 0.15) is 26.4 Å². The minimum Gasteiger partial charge on any atom is -0.493 e. The third-order valence-electron chi connectivity index (χ3n) is 21.7. The number of halogens is 6. The van der Waals surface area contributed by atoms with Gasteiger partial charge in [0, 0.05) is 151 Å². The number of hydrogen-bond donors (Lipinski definition) is 15. The molecule has 8 aromatic carbocycles. The minimum atomic E-state index is -5.08. The number of nitriles is 1. The Morgan fingerprint density at radius 1 is 0.417 bits per heavy atom. The molecule has 0 radical (unpaired) electrons. The van der Waals surface area contributed by atoms with Crippen LogP contribution in [0.15, 0.2) is 164 Å². The number of aromatic nitrogens is 4. The predicted molar refractivity (Wildman–Crippen MR) is 516 cm³/mol. The first-order chi connectivity index (χ1) is 66.6. The van der Waals surface area contributed by atoms with E-state index in [1.54, 1.807) is 40.6 Å². The number of methoxy groups -OCH3 is 4. The number of aliphatic carboxylic acids is 2. The Hall–Kier alpha value is -15.3. The first-order valence-electron chi connectivity index (χ1n) is 44.2. The van der Waals surface area contributed by atoms with Gasteiger partial charge in [-0.3, -0.25) is 39.1 Å². The summed E-state index contributed by atoms with van der Waals surface area (Å²) in [6.45, 7) is 13.3. The van der Waals surface area contributed by atoms with Gasteiger partial charge in [0.25, 0.3) is 23.6 Å². The van der Waals surface area contributed by atoms with Gasteiger partial charge < -0.3 is 119 Å². The number of nitrogens with two attached hydrogens (primary N) is 4. The lowest BCUT2D eigenvalue weighted by molar-refractivity contribution is -0.193. The average Bonchev–Trinajstić information content (AvgIpc) is 1.14. The molecule has 3 fully saturated rings. The van der Waals surface area contributed by atoms with Crippen molar-refractivity contribution < 1.29 is 108 Å². The summed E-state index contributed by atoms with van der Waals surface area (Å²) >= 11 is 0. The molecular formula is C99H111F6N17O17. The van der Waals surface area contributed by atoms with Gasteiger partial charge in [-0.25, -0.2) is 9.59 Å². The molecular weight excluding hydrogens is 1810 g/mol. The molecule has 3 saturated carbocycles. The second kappa shape index (κ2) is 50.5. The highest BCUT2D eigenvalue weighted by molar-refractivity contribution is 6.12. The molecule has 0 atom stereocenters. The number of pyridine rings is 4. The Morgan fingerprint density at radius 3 is 1.09 bits per heavy atom. The SMILES string of the molecule is CCc1ccc(Nc2c(C(N)=O)cnc3cc(OC)c(OCCNC4CC4)cc23)cc1.CCc1cccc(Nc2c(C(N)=O)cnc3cc(OC)c(OCCNC4CC4)cc23)c1.COc1cc2ncc(C(N)=O)c(Nc3cccc(CO)c3C)c2cc1OCCNCCC#N.COc1cc2ncc(C(N)=O)c(Nc3ccccc3C)c2cc1OCCNC1CC1.O=C(O)C(F)(F)F.O=C(O)C(F)(F)F. The van der Waals surface area contributed by atoms with Crippen molar-refractivity contribution in [2.75, 3.05) is 109 Å². The van der Waals surface area contributed by atoms with Crippen LogP contribution in [0.2, 0.25) is 0 Å². The number of amides is 4. The van der Waals surface area contributed by atoms with Crippen LogP contribution in [0.5, 0.6) is 46.0 Å². The van der Waals surface area contributed by atoms with Crippen molar-refractivity contribution in [2.24, 2.45) is 22.9 Å². The average molecular weight is 1930 g/mol. The zero-order valence-corrected chi connectivity index (χ0v) is 77.6. The van der Waals surface area contributed by atoms with Gasteiger partial charge in [0.15, 0.2) is 46.0 Å². The van der Waals surface area contributed by atoms with E-state index in [2.05, 4.69) is 107 Å². The molecule has 139 heavy (non-hydrogen) atoms. The van der Waals surface area contributed by atoms with Crippen molar-refractivity contribution in [2.45, 2.75) is 123 Å². The highest BCUT2D eigenvalue weighted by Gasteiger charge is 2.39. The van der Waals surface area contributed by atoms with Crippen LogP contribution in [0.3, 0.4) is 0 Å². The van der Waals surface area contributed by atoms with Crippen LogP contribution >= 0.6 is 0 Å². The summed E-state index contributed by atoms with van der Waals surface area (Å²) in [4.78, 5) is 84.0. The van der Waals surface area contributed by atoms with Crippen LogP contribution < -0.4 is 103 Å². The van der Waals surface area contributed by atoms with Crippen LogP contribution in [0.4, 0.5) is 71.8 Å². The van der Waals surface area contributed by atoms with Gasteiger partial charge in [-0.15, -0.1) is 0 Å². The van der Waals surface area contributed by atoms with Crippen molar-refractivity contribution >= 4 is 125 Å². The number of ether oxygens (including phenoxy) is 8. The molecule has 4 aromatic heterocycles. The van der Waals surface area contributed by atoms with Crippen LogP contribution in [-0.2, 0) is 29.0 Å². The van der Waals surface area contributed by atoms with Crippen molar-refractivity contribution in [3.8, 4) is 52.1 Å². The summed E-state index contributed by atoms with van der Waals surface area (Å²) in [6, 6.07) is 48.0. The first kappa shape index (κ1) is 106. The Kier molecular flexibility index (Phi) is 38.4. The van der Waals surface area contributed by atoms with Gasteiger partial charge in [0.05, 0.1) is 108 Å². The fourth-order valence-electron chi connectivity index (χ4n) is 13.8. The number of hydrogen-bond acceptors (Lipinski definition) is 28. The molecule has 3 aliphatic carbocycles. The summed E-state index contributed by atoms with van der Waals surface area (Å²) in [6.07, 6.45) is 5.43. The number of anilines is 8. The van der Waals surface area contributed by atoms with E-state index in [-0.39, 0.29) is 12.2 Å². The number of carboxylic acids is 2. The van der Waals surface area contributed by atoms with E-state index in [1.807, 2.05) is 117 Å². The molecule has 19 N–H and O–H groups in total. The molecule has 0 spiro atoms. The van der Waals surface area contributed by atoms with E-state index in [0.29, 0.717) is 177 Å². The second-order valence-corrected chi connectivity index (χ2v) is 31.7. The molecule has 4 amide bonds. The molecule has 3 aliphatic rings. The number of para-hydroxylation sites is 1. The van der Waals surface area contributed by atoms with E-state index in [0.717, 1.165) is 88.1 Å². The topological polar surface area (TPSA) is 513 Å². The van der Waals surface area contributed by atoms with Crippen molar-refractivity contribution in [1.29, 1.82) is 5.26 Å². The predicted octanol–water partition coefficient (Wildman–Crippen LogP) is 15.1. The number of carboxylic acid groups (broad SMARTS) is 2. The molecule has 0 aliphatic heterocycles. The zero-order valence-electron chi connectivity index (χ0n) is 77.6. The fourth-order valence-corrected chi connectivity index (χ4v) is 13.8. The maximum absolute atomic E-state index is 12.2. The maximum Gasteiger partial charge on any atom is 0.490 e. The Morgan fingerprint density at radius 2 is 0.755 bits per heavy atom. The summed E-state index contributed by atoms with van der Waals surface area (Å²) in [7, 11) is 6.34. The van der Waals surface area contributed by atoms with E-state index in [4.69, 9.17) is 85.9 Å². The number of primary amides is 4. The maximum atomic E-state index is 12.2. The van der Waals surface area contributed by atoms with Crippen LogP contribution in [0.25, 0.3) is 43.6 Å². The number of nitrogens with zero attached hydrogens (tertiary/aromatic N) is 5. The number of fused-ring (bicyclic) bond motifs is 4. The number of rotatable bonds is 40. The number of aryl methyl sites for hydroxylation is 3. The molecule has 0 unspecified atom stereocenters. The largest absolute Gasteiger partial charge is 0.493 e. The molecule has 15 rings (SSSR count). The van der Waals surface area contributed by atoms with Gasteiger partial charge in [-0.2, -0.15) is 31.6 Å². The lowest BCUT2D eigenvalue weighted by Crippen LogP contribution is -2.22. The number of carbonyl (C=O) groups excluding carboxylic acids is 4. The Labute approximate surface area is 796 Å². The standard InChI is InChI=1S/C24H27N5O4.2C24H28N4O3.C23H26N4O3.2C2HF3O2/c1-15-16(14-30)5-3-6-19(15)29-23-17-11-22(33-10-9-27-8-4-7-25)21(32-2)12-20(17)28-13-18(23)24(26)31;1-3-15-4-6-17(7-5-15)28-23-18-12-22(31-11-10-26-16-8-9-16)21(30-2)13-20(18)27-14-19(23)24(25)29;1-3-15-5-4-6-17(11-15)28-23-18-12-22(31-10-9-26-16-7-8-16)21(30-2)13-20(18)27-14-19(23)24(25)29;1-14-5-3-4-6-18(14)27-22-16-11-21(30-10-9-25-15-7-8-15)20(29-2)12-19(16)26-13-17(22)23(24)28;2*3-2(4,5)1(6)7/h3,5-6,11-13,27,30H,4,8-10,14H2,1-2H3,(H2,26,31)(H,28,29);4-7,12-14,16,26H,3,8-11H2,1-2H3,(H2,25,29)(H,27,28);4-6,11-14,16,26H,3,7-10H2,1-2H3,(H2,25,29)(H,27,28);3-6,11-13,15,25H,7-10H2,1-2H3,(H2,24,28)(H,26,27);2*(H,6,7). The summed E-state index contributed by atoms with van der Waals surface area (Å²) < 4.78 is 109. The molecule has 0 bridgehead atoms. The van der Waals surface area contributed by atoms with Crippen molar-refractivity contribution in [3.63, 3.8) is 0 Å². The first-order valence-corrected chi connectivity index (χ1v) is 44.2. The number of aliphatic hydroxyl groups is 1. The van der Waals surface area contributed by atoms with Crippen LogP contribution in [0.1, 0.15) is 128 Å².